The molecule has 2 saturated carbocycles. The molecule has 2 fully saturated rings. The maximum atomic E-state index is 11.2. The Bertz CT molecular complexity index is 330. The van der Waals surface area contributed by atoms with Gasteiger partial charge in [-0.1, -0.05) is 20.4 Å². The van der Waals surface area contributed by atoms with Gasteiger partial charge in [0, 0.05) is 6.08 Å². The van der Waals surface area contributed by atoms with Gasteiger partial charge in [0.15, 0.2) is 0 Å². The number of hydrogen-bond donors (Lipinski definition) is 0. The first-order chi connectivity index (χ1) is 8.92. The number of carbonyl (C=O) groups is 1. The summed E-state index contributed by atoms with van der Waals surface area (Å²) in [7, 11) is 0. The van der Waals surface area contributed by atoms with Crippen LogP contribution < -0.4 is 0 Å². The molecule has 0 N–H and O–H groups in total. The Morgan fingerprint density at radius 1 is 1.26 bits per heavy atom. The maximum absolute atomic E-state index is 11.2. The van der Waals surface area contributed by atoms with Gasteiger partial charge in [-0.2, -0.15) is 0 Å². The van der Waals surface area contributed by atoms with Gasteiger partial charge in [0.1, 0.15) is 0 Å². The smallest absolute Gasteiger partial charge is 0.332 e. The Hall–Kier alpha value is -0.830. The summed E-state index contributed by atoms with van der Waals surface area (Å²) in [5.74, 6) is 1.77. The minimum absolute atomic E-state index is 0.0825. The average Bonchev–Trinajstić information content (AvgIpc) is 2.25. The summed E-state index contributed by atoms with van der Waals surface area (Å²) < 4.78 is 11.4. The summed E-state index contributed by atoms with van der Waals surface area (Å²) in [6.45, 7) is 9.84. The number of carbonyl (C=O) groups excluding carboxylic acids is 1. The van der Waals surface area contributed by atoms with Crippen molar-refractivity contribution in [1.82, 2.24) is 0 Å². The predicted octanol–water partition coefficient (Wildman–Crippen LogP) is 3.68. The third-order valence-corrected chi connectivity index (χ3v) is 4.44. The van der Waals surface area contributed by atoms with Crippen LogP contribution in [0, 0.1) is 17.8 Å². The van der Waals surface area contributed by atoms with Gasteiger partial charge in [-0.05, 0) is 56.8 Å². The zero-order chi connectivity index (χ0) is 14.0. The summed E-state index contributed by atoms with van der Waals surface area (Å²) in [6, 6.07) is 0. The molecule has 0 amide bonds. The summed E-state index contributed by atoms with van der Waals surface area (Å²) in [5.41, 5.74) is -0.0825. The Morgan fingerprint density at radius 3 is 2.37 bits per heavy atom. The lowest BCUT2D eigenvalue weighted by Crippen LogP contribution is -2.48. The zero-order valence-corrected chi connectivity index (χ0v) is 12.4. The lowest BCUT2D eigenvalue weighted by atomic mass is 9.63. The highest BCUT2D eigenvalue weighted by Crippen LogP contribution is 2.49. The highest BCUT2D eigenvalue weighted by atomic mass is 16.7. The molecule has 0 heterocycles. The molecule has 108 valence electrons. The average molecular weight is 266 g/mol. The van der Waals surface area contributed by atoms with E-state index in [0.29, 0.717) is 11.8 Å². The van der Waals surface area contributed by atoms with Crippen molar-refractivity contribution in [2.75, 3.05) is 0 Å². The van der Waals surface area contributed by atoms with E-state index in [9.17, 15) is 4.79 Å². The van der Waals surface area contributed by atoms with Crippen molar-refractivity contribution < 1.29 is 14.3 Å². The molecule has 0 aromatic rings. The molecule has 0 spiro atoms. The predicted molar refractivity (Wildman–Crippen MR) is 74.5 cm³/mol. The molecule has 0 saturated heterocycles. The molecule has 3 heteroatoms. The number of fused-ring (bicyclic) bond motifs is 2. The van der Waals surface area contributed by atoms with E-state index in [4.69, 9.17) is 9.47 Å². The summed E-state index contributed by atoms with van der Waals surface area (Å²) in [6.07, 6.45) is 6.63. The SMILES string of the molecule is C=CC(=O)OC(C)OC12CC(C)CC(CC(C)C1)C2. The fourth-order valence-electron chi connectivity index (χ4n) is 4.35. The highest BCUT2D eigenvalue weighted by Gasteiger charge is 2.46. The first kappa shape index (κ1) is 14.6. The molecule has 2 aliphatic carbocycles. The van der Waals surface area contributed by atoms with Crippen molar-refractivity contribution in [2.24, 2.45) is 17.8 Å². The van der Waals surface area contributed by atoms with Gasteiger partial charge in [0.2, 0.25) is 6.29 Å². The van der Waals surface area contributed by atoms with Crippen LogP contribution in [0.25, 0.3) is 0 Å². The van der Waals surface area contributed by atoms with Crippen molar-refractivity contribution in [3.05, 3.63) is 12.7 Å². The van der Waals surface area contributed by atoms with Gasteiger partial charge in [-0.15, -0.1) is 0 Å². The second kappa shape index (κ2) is 5.66. The lowest BCUT2D eigenvalue weighted by molar-refractivity contribution is -0.229. The van der Waals surface area contributed by atoms with E-state index in [1.165, 1.54) is 18.9 Å². The molecule has 0 radical (unpaired) electrons. The fraction of sp³-hybridized carbons (Fsp3) is 0.812. The molecule has 3 unspecified atom stereocenters. The second-order valence-electron chi connectivity index (χ2n) is 6.67. The molecular weight excluding hydrogens is 240 g/mol. The number of esters is 1. The monoisotopic (exact) mass is 266 g/mol. The van der Waals surface area contributed by atoms with Crippen molar-refractivity contribution in [3.8, 4) is 0 Å². The summed E-state index contributed by atoms with van der Waals surface area (Å²) >= 11 is 0. The van der Waals surface area contributed by atoms with Crippen molar-refractivity contribution in [2.45, 2.75) is 64.8 Å². The molecule has 0 aromatic carbocycles. The second-order valence-corrected chi connectivity index (χ2v) is 6.67. The van der Waals surface area contributed by atoms with E-state index in [1.807, 2.05) is 6.92 Å². The van der Waals surface area contributed by atoms with Gasteiger partial charge in [0.25, 0.3) is 0 Å². The Labute approximate surface area is 116 Å². The van der Waals surface area contributed by atoms with Gasteiger partial charge in [0.05, 0.1) is 5.60 Å². The maximum Gasteiger partial charge on any atom is 0.332 e. The molecular formula is C16H26O3. The zero-order valence-electron chi connectivity index (χ0n) is 12.4. The lowest BCUT2D eigenvalue weighted by Gasteiger charge is -2.50. The molecule has 0 aromatic heterocycles. The Balaban J connectivity index is 2.02. The quantitative estimate of drug-likeness (QED) is 0.442. The number of hydrogen-bond acceptors (Lipinski definition) is 3. The largest absolute Gasteiger partial charge is 0.433 e. The van der Waals surface area contributed by atoms with Crippen LogP contribution in [-0.4, -0.2) is 17.9 Å². The van der Waals surface area contributed by atoms with Crippen LogP contribution in [-0.2, 0) is 14.3 Å². The first-order valence-electron chi connectivity index (χ1n) is 7.43. The molecule has 19 heavy (non-hydrogen) atoms. The van der Waals surface area contributed by atoms with E-state index >= 15 is 0 Å². The fourth-order valence-corrected chi connectivity index (χ4v) is 4.35. The van der Waals surface area contributed by atoms with E-state index in [2.05, 4.69) is 20.4 Å². The van der Waals surface area contributed by atoms with Crippen LogP contribution in [0.3, 0.4) is 0 Å². The van der Waals surface area contributed by atoms with Crippen LogP contribution in [0.4, 0.5) is 0 Å². The molecule has 2 bridgehead atoms. The van der Waals surface area contributed by atoms with Gasteiger partial charge >= 0.3 is 5.97 Å². The van der Waals surface area contributed by atoms with Crippen LogP contribution in [0.15, 0.2) is 12.7 Å². The molecule has 3 nitrogen and oxygen atoms in total. The van der Waals surface area contributed by atoms with Crippen molar-refractivity contribution in [3.63, 3.8) is 0 Å². The van der Waals surface area contributed by atoms with Crippen LogP contribution in [0.1, 0.15) is 52.9 Å². The summed E-state index contributed by atoms with van der Waals surface area (Å²) in [4.78, 5) is 11.2. The van der Waals surface area contributed by atoms with Crippen molar-refractivity contribution in [1.29, 1.82) is 0 Å². The molecule has 3 atom stereocenters. The van der Waals surface area contributed by atoms with Gasteiger partial charge in [-0.3, -0.25) is 0 Å². The standard InChI is InChI=1S/C16H26O3/c1-5-15(17)18-13(4)19-16-8-11(2)6-14(10-16)7-12(3)9-16/h5,11-14H,1,6-10H2,2-4H3. The van der Waals surface area contributed by atoms with Crippen molar-refractivity contribution >= 4 is 5.97 Å². The van der Waals surface area contributed by atoms with E-state index in [0.717, 1.165) is 25.2 Å². The minimum atomic E-state index is -0.484. The topological polar surface area (TPSA) is 35.5 Å². The molecule has 2 aliphatic rings. The third kappa shape index (κ3) is 3.59. The van der Waals surface area contributed by atoms with Crippen LogP contribution in [0.5, 0.6) is 0 Å². The van der Waals surface area contributed by atoms with Gasteiger partial charge in [-0.25, -0.2) is 4.79 Å². The molecule has 2 rings (SSSR count). The van der Waals surface area contributed by atoms with Crippen LogP contribution in [0.2, 0.25) is 0 Å². The molecule has 0 aliphatic heterocycles. The summed E-state index contributed by atoms with van der Waals surface area (Å²) in [5, 5.41) is 0. The van der Waals surface area contributed by atoms with Gasteiger partial charge < -0.3 is 9.47 Å². The highest BCUT2D eigenvalue weighted by molar-refractivity contribution is 5.81. The minimum Gasteiger partial charge on any atom is -0.433 e. The van der Waals surface area contributed by atoms with E-state index in [-0.39, 0.29) is 5.60 Å². The Morgan fingerprint density at radius 2 is 1.84 bits per heavy atom. The third-order valence-electron chi connectivity index (χ3n) is 4.44. The first-order valence-corrected chi connectivity index (χ1v) is 7.43. The van der Waals surface area contributed by atoms with Crippen LogP contribution >= 0.6 is 0 Å². The van der Waals surface area contributed by atoms with E-state index in [1.54, 1.807) is 0 Å². The normalized spacial score (nSPS) is 39.4. The number of rotatable bonds is 4. The van der Waals surface area contributed by atoms with E-state index < -0.39 is 12.3 Å². The number of ether oxygens (including phenoxy) is 2. The Kier molecular flexibility index (Phi) is 4.34.